The molecule has 6 heteroatoms. The number of aliphatic carboxylic acids is 1. The molecule has 0 unspecified atom stereocenters. The second-order valence-corrected chi connectivity index (χ2v) is 12.8. The van der Waals surface area contributed by atoms with Crippen molar-refractivity contribution in [1.82, 2.24) is 5.32 Å². The van der Waals surface area contributed by atoms with Gasteiger partial charge in [-0.15, -0.1) is 0 Å². The minimum atomic E-state index is -1.03. The number of carbonyl (C=O) groups excluding carboxylic acids is 1. The van der Waals surface area contributed by atoms with Crippen molar-refractivity contribution in [3.05, 3.63) is 144 Å². The van der Waals surface area contributed by atoms with Crippen LogP contribution in [0.25, 0.3) is 32.7 Å². The molecule has 0 aliphatic rings. The molecule has 236 valence electrons. The number of anilines is 2. The summed E-state index contributed by atoms with van der Waals surface area (Å²) in [6.07, 6.45) is 2.28. The Hall–Kier alpha value is -5.07. The highest BCUT2D eigenvalue weighted by molar-refractivity contribution is 7.98. The molecule has 0 saturated carbocycles. The predicted molar refractivity (Wildman–Crippen MR) is 197 cm³/mol. The minimum Gasteiger partial charge on any atom is -0.480 e. The number of thioether (sulfide) groups is 1. The van der Waals surface area contributed by atoms with Gasteiger partial charge in [0.15, 0.2) is 0 Å². The zero-order valence-electron chi connectivity index (χ0n) is 26.9. The lowest BCUT2D eigenvalue weighted by molar-refractivity contribution is -0.139. The largest absolute Gasteiger partial charge is 0.480 e. The van der Waals surface area contributed by atoms with Gasteiger partial charge in [-0.3, -0.25) is 4.79 Å². The summed E-state index contributed by atoms with van der Waals surface area (Å²) < 4.78 is 0. The highest BCUT2D eigenvalue weighted by atomic mass is 32.2. The highest BCUT2D eigenvalue weighted by Crippen LogP contribution is 2.39. The van der Waals surface area contributed by atoms with Crippen LogP contribution in [0.4, 0.5) is 11.4 Å². The van der Waals surface area contributed by atoms with Crippen LogP contribution in [0, 0.1) is 13.8 Å². The molecule has 0 bridgehead atoms. The number of nitrogens with zero attached hydrogens (tertiary/aromatic N) is 1. The smallest absolute Gasteiger partial charge is 0.326 e. The summed E-state index contributed by atoms with van der Waals surface area (Å²) in [5.74, 6) is -0.780. The average molecular weight is 639 g/mol. The van der Waals surface area contributed by atoms with Crippen molar-refractivity contribution >= 4 is 56.6 Å². The van der Waals surface area contributed by atoms with E-state index in [9.17, 15) is 14.7 Å². The summed E-state index contributed by atoms with van der Waals surface area (Å²) >= 11 is 1.56. The van der Waals surface area contributed by atoms with Gasteiger partial charge in [-0.1, -0.05) is 84.9 Å². The van der Waals surface area contributed by atoms with Crippen molar-refractivity contribution in [1.29, 1.82) is 0 Å². The van der Waals surface area contributed by atoms with E-state index in [2.05, 4.69) is 96.0 Å². The Morgan fingerprint density at radius 2 is 1.51 bits per heavy atom. The van der Waals surface area contributed by atoms with E-state index in [4.69, 9.17) is 0 Å². The first kappa shape index (κ1) is 31.9. The van der Waals surface area contributed by atoms with Crippen LogP contribution >= 0.6 is 11.8 Å². The molecule has 6 aromatic carbocycles. The van der Waals surface area contributed by atoms with Gasteiger partial charge < -0.3 is 15.3 Å². The molecule has 0 fully saturated rings. The lowest BCUT2D eigenvalue weighted by atomic mass is 9.93. The number of aryl methyl sites for hydroxylation is 2. The first-order valence-electron chi connectivity index (χ1n) is 15.8. The van der Waals surface area contributed by atoms with Gasteiger partial charge in [0.05, 0.1) is 0 Å². The number of hydrogen-bond donors (Lipinski definition) is 2. The monoisotopic (exact) mass is 638 g/mol. The van der Waals surface area contributed by atoms with Crippen LogP contribution in [0.3, 0.4) is 0 Å². The molecule has 0 aliphatic carbocycles. The molecule has 0 aliphatic heterocycles. The lowest BCUT2D eigenvalue weighted by Crippen LogP contribution is -2.41. The van der Waals surface area contributed by atoms with Gasteiger partial charge in [-0.2, -0.15) is 11.8 Å². The van der Waals surface area contributed by atoms with Crippen molar-refractivity contribution in [2.24, 2.45) is 0 Å². The summed E-state index contributed by atoms with van der Waals surface area (Å²) in [4.78, 5) is 28.0. The number of para-hydroxylation sites is 1. The van der Waals surface area contributed by atoms with Crippen molar-refractivity contribution in [3.8, 4) is 11.1 Å². The van der Waals surface area contributed by atoms with E-state index in [0.29, 0.717) is 24.3 Å². The molecule has 0 spiro atoms. The number of carboxylic acids is 1. The van der Waals surface area contributed by atoms with E-state index in [1.165, 1.54) is 27.1 Å². The minimum absolute atomic E-state index is 0.353. The maximum absolute atomic E-state index is 13.7. The zero-order valence-corrected chi connectivity index (χ0v) is 27.7. The quantitative estimate of drug-likeness (QED) is 0.138. The number of hydrogen-bond acceptors (Lipinski definition) is 4. The van der Waals surface area contributed by atoms with Gasteiger partial charge in [0.25, 0.3) is 5.91 Å². The molecule has 2 N–H and O–H groups in total. The summed E-state index contributed by atoms with van der Waals surface area (Å²) in [5, 5.41) is 17.4. The molecular weight excluding hydrogens is 601 g/mol. The molecule has 5 nitrogen and oxygen atoms in total. The number of rotatable bonds is 11. The molecule has 6 aromatic rings. The molecule has 47 heavy (non-hydrogen) atoms. The molecule has 1 atom stereocenters. The van der Waals surface area contributed by atoms with Crippen LogP contribution in [0.5, 0.6) is 0 Å². The summed E-state index contributed by atoms with van der Waals surface area (Å²) in [5.41, 5.74) is 7.63. The number of benzene rings is 6. The van der Waals surface area contributed by atoms with E-state index in [1.54, 1.807) is 11.8 Å². The Morgan fingerprint density at radius 1 is 0.787 bits per heavy atom. The van der Waals surface area contributed by atoms with Gasteiger partial charge in [-0.25, -0.2) is 4.79 Å². The number of carboxylic acid groups (broad SMARTS) is 1. The van der Waals surface area contributed by atoms with Crippen LogP contribution in [0.2, 0.25) is 0 Å². The third-order valence-corrected chi connectivity index (χ3v) is 9.45. The molecule has 6 rings (SSSR count). The number of fused-ring (bicyclic) bond motifs is 2. The Kier molecular flexibility index (Phi) is 9.60. The van der Waals surface area contributed by atoms with Gasteiger partial charge in [0.1, 0.15) is 6.04 Å². The number of amides is 1. The first-order chi connectivity index (χ1) is 22.9. The fourth-order valence-electron chi connectivity index (χ4n) is 6.40. The van der Waals surface area contributed by atoms with Gasteiger partial charge in [-0.05, 0) is 113 Å². The van der Waals surface area contributed by atoms with Gasteiger partial charge in [0, 0.05) is 28.9 Å². The van der Waals surface area contributed by atoms with Crippen molar-refractivity contribution in [3.63, 3.8) is 0 Å². The molecule has 1 amide bonds. The molecule has 0 aromatic heterocycles. The van der Waals surface area contributed by atoms with E-state index < -0.39 is 12.0 Å². The second kappa shape index (κ2) is 14.1. The fraction of sp³-hybridized carbons (Fsp3) is 0.171. The van der Waals surface area contributed by atoms with E-state index >= 15 is 0 Å². The maximum atomic E-state index is 13.7. The molecule has 0 heterocycles. The normalized spacial score (nSPS) is 11.8. The van der Waals surface area contributed by atoms with E-state index in [0.717, 1.165) is 33.6 Å². The third kappa shape index (κ3) is 6.74. The molecule has 0 radical (unpaired) electrons. The predicted octanol–water partition coefficient (Wildman–Crippen LogP) is 9.55. The standard InChI is InChI=1S/C41H38N2O3S/c1-27-12-7-9-17-33(27)36-24-29(20-21-35(36)40(44)42-37(41(45)46)22-23-47-3)26-43(32-15-5-4-6-16-32)38-19-11-14-31-25-30-13-8-10-18-34(30)28(2)39(31)38/h4-21,24-25,37H,22-23,26H2,1-3H3,(H,42,44)(H,45,46)/t37-/m0/s1. The maximum Gasteiger partial charge on any atom is 0.326 e. The van der Waals surface area contributed by atoms with Crippen molar-refractivity contribution in [2.45, 2.75) is 32.9 Å². The van der Waals surface area contributed by atoms with Crippen LogP contribution in [0.15, 0.2) is 121 Å². The lowest BCUT2D eigenvalue weighted by Gasteiger charge is -2.28. The molecule has 0 saturated heterocycles. The van der Waals surface area contributed by atoms with E-state index in [-0.39, 0.29) is 5.91 Å². The summed E-state index contributed by atoms with van der Waals surface area (Å²) in [6.45, 7) is 4.79. The number of carbonyl (C=O) groups is 2. The average Bonchev–Trinajstić information content (AvgIpc) is 3.09. The Balaban J connectivity index is 1.47. The third-order valence-electron chi connectivity index (χ3n) is 8.80. The van der Waals surface area contributed by atoms with Gasteiger partial charge >= 0.3 is 5.97 Å². The Bertz CT molecular complexity index is 2080. The topological polar surface area (TPSA) is 69.6 Å². The molecular formula is C41H38N2O3S. The van der Waals surface area contributed by atoms with Crippen LogP contribution in [-0.2, 0) is 11.3 Å². The summed E-state index contributed by atoms with van der Waals surface area (Å²) in [6, 6.07) is 40.6. The van der Waals surface area contributed by atoms with E-state index in [1.807, 2.05) is 55.6 Å². The Morgan fingerprint density at radius 3 is 2.28 bits per heavy atom. The SMILES string of the molecule is CSCC[C@H](NC(=O)c1ccc(CN(c2ccccc2)c2cccc3cc4ccccc4c(C)c23)cc1-c1ccccc1C)C(=O)O. The second-order valence-electron chi connectivity index (χ2n) is 11.9. The van der Waals surface area contributed by atoms with Crippen LogP contribution < -0.4 is 10.2 Å². The number of nitrogens with one attached hydrogen (secondary N) is 1. The fourth-order valence-corrected chi connectivity index (χ4v) is 6.87. The van der Waals surface area contributed by atoms with Crippen LogP contribution in [-0.4, -0.2) is 35.0 Å². The van der Waals surface area contributed by atoms with Gasteiger partial charge in [0.2, 0.25) is 0 Å². The Labute approximate surface area is 280 Å². The highest BCUT2D eigenvalue weighted by Gasteiger charge is 2.24. The van der Waals surface area contributed by atoms with Crippen molar-refractivity contribution < 1.29 is 14.7 Å². The van der Waals surface area contributed by atoms with Crippen molar-refractivity contribution in [2.75, 3.05) is 16.9 Å². The zero-order chi connectivity index (χ0) is 32.9. The first-order valence-corrected chi connectivity index (χ1v) is 17.2. The summed E-state index contributed by atoms with van der Waals surface area (Å²) in [7, 11) is 0. The van der Waals surface area contributed by atoms with Crippen LogP contribution in [0.1, 0.15) is 33.5 Å².